The second kappa shape index (κ2) is 6.50. The van der Waals surface area contributed by atoms with Crippen molar-refractivity contribution in [2.75, 3.05) is 32.1 Å². The first-order chi connectivity index (χ1) is 9.79. The highest BCUT2D eigenvalue weighted by molar-refractivity contribution is 7.99. The SMILES string of the molecule is CNC(c1ccc(C2CCC2)cc1)C1CSCCN1C. The minimum Gasteiger partial charge on any atom is -0.312 e. The Balaban J connectivity index is 1.74. The van der Waals surface area contributed by atoms with Gasteiger partial charge in [0.25, 0.3) is 0 Å². The topological polar surface area (TPSA) is 15.3 Å². The van der Waals surface area contributed by atoms with E-state index in [1.807, 2.05) is 0 Å². The van der Waals surface area contributed by atoms with Crippen molar-refractivity contribution in [2.24, 2.45) is 0 Å². The molecule has 20 heavy (non-hydrogen) atoms. The first-order valence-corrected chi connectivity index (χ1v) is 9.00. The zero-order valence-electron chi connectivity index (χ0n) is 12.6. The summed E-state index contributed by atoms with van der Waals surface area (Å²) in [6.07, 6.45) is 4.18. The second-order valence-corrected chi connectivity index (χ2v) is 7.33. The maximum Gasteiger partial charge on any atom is 0.0483 e. The van der Waals surface area contributed by atoms with E-state index >= 15 is 0 Å². The lowest BCUT2D eigenvalue weighted by molar-refractivity contribution is 0.221. The molecule has 2 nitrogen and oxygen atoms in total. The summed E-state index contributed by atoms with van der Waals surface area (Å²) in [4.78, 5) is 2.51. The molecular formula is C17H26N2S. The van der Waals surface area contributed by atoms with Gasteiger partial charge in [-0.25, -0.2) is 0 Å². The number of thioether (sulfide) groups is 1. The van der Waals surface area contributed by atoms with Crippen molar-refractivity contribution in [1.82, 2.24) is 10.2 Å². The van der Waals surface area contributed by atoms with Crippen LogP contribution in [0, 0.1) is 0 Å². The summed E-state index contributed by atoms with van der Waals surface area (Å²) < 4.78 is 0. The Morgan fingerprint density at radius 1 is 1.25 bits per heavy atom. The average molecular weight is 290 g/mol. The molecule has 0 amide bonds. The molecule has 1 N–H and O–H groups in total. The Hall–Kier alpha value is -0.510. The Bertz CT molecular complexity index is 427. The van der Waals surface area contributed by atoms with E-state index in [0.29, 0.717) is 12.1 Å². The maximum atomic E-state index is 3.54. The smallest absolute Gasteiger partial charge is 0.0483 e. The van der Waals surface area contributed by atoms with Crippen LogP contribution in [0.1, 0.15) is 42.3 Å². The first-order valence-electron chi connectivity index (χ1n) is 7.84. The maximum absolute atomic E-state index is 3.54. The van der Waals surface area contributed by atoms with Crippen LogP contribution >= 0.6 is 11.8 Å². The van der Waals surface area contributed by atoms with Gasteiger partial charge in [-0.1, -0.05) is 30.7 Å². The van der Waals surface area contributed by atoms with Crippen molar-refractivity contribution < 1.29 is 0 Å². The van der Waals surface area contributed by atoms with Crippen molar-refractivity contribution in [3.05, 3.63) is 35.4 Å². The molecule has 2 aliphatic rings. The molecule has 3 heteroatoms. The van der Waals surface area contributed by atoms with Crippen LogP contribution in [0.4, 0.5) is 0 Å². The third-order valence-electron chi connectivity index (χ3n) is 5.01. The van der Waals surface area contributed by atoms with Gasteiger partial charge in [0.1, 0.15) is 0 Å². The molecule has 1 saturated carbocycles. The molecule has 2 fully saturated rings. The molecule has 1 heterocycles. The number of likely N-dealkylation sites (N-methyl/N-ethyl adjacent to an activating group) is 2. The largest absolute Gasteiger partial charge is 0.312 e. The fraction of sp³-hybridized carbons (Fsp3) is 0.647. The quantitative estimate of drug-likeness (QED) is 0.916. The Kier molecular flexibility index (Phi) is 4.69. The van der Waals surface area contributed by atoms with Crippen molar-refractivity contribution >= 4 is 11.8 Å². The molecule has 2 unspecified atom stereocenters. The predicted octanol–water partition coefficient (Wildman–Crippen LogP) is 3.26. The van der Waals surface area contributed by atoms with Crippen LogP contribution in [0.15, 0.2) is 24.3 Å². The van der Waals surface area contributed by atoms with E-state index < -0.39 is 0 Å². The highest BCUT2D eigenvalue weighted by atomic mass is 32.2. The van der Waals surface area contributed by atoms with Crippen molar-refractivity contribution in [3.8, 4) is 0 Å². The minimum atomic E-state index is 0.447. The third-order valence-corrected chi connectivity index (χ3v) is 6.06. The molecular weight excluding hydrogens is 264 g/mol. The first kappa shape index (κ1) is 14.4. The predicted molar refractivity (Wildman–Crippen MR) is 88.6 cm³/mol. The van der Waals surface area contributed by atoms with Gasteiger partial charge < -0.3 is 5.32 Å². The molecule has 2 atom stereocenters. The Morgan fingerprint density at radius 2 is 2.00 bits per heavy atom. The number of nitrogens with zero attached hydrogens (tertiary/aromatic N) is 1. The highest BCUT2D eigenvalue weighted by Crippen LogP contribution is 2.37. The minimum absolute atomic E-state index is 0.447. The van der Waals surface area contributed by atoms with E-state index in [1.54, 1.807) is 5.56 Å². The standard InChI is InChI=1S/C17H26N2S/c1-18-17(16-12-20-11-10-19(16)2)15-8-6-14(7-9-15)13-4-3-5-13/h6-9,13,16-18H,3-5,10-12H2,1-2H3. The van der Waals surface area contributed by atoms with Gasteiger partial charge in [0.15, 0.2) is 0 Å². The molecule has 0 bridgehead atoms. The summed E-state index contributed by atoms with van der Waals surface area (Å²) in [6.45, 7) is 1.20. The normalized spacial score (nSPS) is 26.2. The van der Waals surface area contributed by atoms with Gasteiger partial charge in [-0.2, -0.15) is 11.8 Å². The zero-order valence-corrected chi connectivity index (χ0v) is 13.5. The monoisotopic (exact) mass is 290 g/mol. The van der Waals surface area contributed by atoms with E-state index in [2.05, 4.69) is 60.3 Å². The third kappa shape index (κ3) is 2.90. The molecule has 1 aromatic carbocycles. The van der Waals surface area contributed by atoms with Crippen molar-refractivity contribution in [3.63, 3.8) is 0 Å². The van der Waals surface area contributed by atoms with Crippen LogP contribution in [0.2, 0.25) is 0 Å². The molecule has 0 radical (unpaired) electrons. The van der Waals surface area contributed by atoms with Crippen LogP contribution in [-0.2, 0) is 0 Å². The van der Waals surface area contributed by atoms with Crippen LogP contribution < -0.4 is 5.32 Å². The summed E-state index contributed by atoms with van der Waals surface area (Å²) in [7, 11) is 4.36. The lowest BCUT2D eigenvalue weighted by Crippen LogP contribution is -2.47. The number of hydrogen-bond donors (Lipinski definition) is 1. The van der Waals surface area contributed by atoms with Gasteiger partial charge in [0.2, 0.25) is 0 Å². The second-order valence-electron chi connectivity index (χ2n) is 6.18. The highest BCUT2D eigenvalue weighted by Gasteiger charge is 2.28. The number of rotatable bonds is 4. The molecule has 0 spiro atoms. The van der Waals surface area contributed by atoms with Crippen molar-refractivity contribution in [2.45, 2.75) is 37.3 Å². The van der Waals surface area contributed by atoms with Gasteiger partial charge in [0, 0.05) is 30.1 Å². The van der Waals surface area contributed by atoms with E-state index in [9.17, 15) is 0 Å². The average Bonchev–Trinajstić information content (AvgIpc) is 2.41. The lowest BCUT2D eigenvalue weighted by atomic mass is 9.79. The molecule has 1 aliphatic carbocycles. The van der Waals surface area contributed by atoms with Gasteiger partial charge in [-0.15, -0.1) is 0 Å². The van der Waals surface area contributed by atoms with Gasteiger partial charge >= 0.3 is 0 Å². The van der Waals surface area contributed by atoms with E-state index in [-0.39, 0.29) is 0 Å². The van der Waals surface area contributed by atoms with Crippen LogP contribution in [-0.4, -0.2) is 43.1 Å². The molecule has 1 saturated heterocycles. The molecule has 110 valence electrons. The van der Waals surface area contributed by atoms with E-state index in [4.69, 9.17) is 0 Å². The number of nitrogens with one attached hydrogen (secondary N) is 1. The fourth-order valence-electron chi connectivity index (χ4n) is 3.35. The van der Waals surface area contributed by atoms with Crippen LogP contribution in [0.5, 0.6) is 0 Å². The Morgan fingerprint density at radius 3 is 2.55 bits per heavy atom. The van der Waals surface area contributed by atoms with E-state index in [1.165, 1.54) is 42.9 Å². The zero-order chi connectivity index (χ0) is 13.9. The van der Waals surface area contributed by atoms with Crippen LogP contribution in [0.25, 0.3) is 0 Å². The fourth-order valence-corrected chi connectivity index (χ4v) is 4.63. The summed E-state index contributed by atoms with van der Waals surface area (Å²) >= 11 is 2.08. The summed E-state index contributed by atoms with van der Waals surface area (Å²) in [6, 6.07) is 10.5. The molecule has 3 rings (SSSR count). The summed E-state index contributed by atoms with van der Waals surface area (Å²) in [5.74, 6) is 3.33. The number of hydrogen-bond acceptors (Lipinski definition) is 3. The molecule has 0 aromatic heterocycles. The van der Waals surface area contributed by atoms with E-state index in [0.717, 1.165) is 5.92 Å². The lowest BCUT2D eigenvalue weighted by Gasteiger charge is -2.38. The molecule has 1 aliphatic heterocycles. The number of benzene rings is 1. The van der Waals surface area contributed by atoms with Gasteiger partial charge in [0.05, 0.1) is 0 Å². The Labute approximate surface area is 127 Å². The summed E-state index contributed by atoms with van der Waals surface area (Å²) in [5.41, 5.74) is 2.98. The van der Waals surface area contributed by atoms with Crippen LogP contribution in [0.3, 0.4) is 0 Å². The van der Waals surface area contributed by atoms with Gasteiger partial charge in [-0.3, -0.25) is 4.90 Å². The van der Waals surface area contributed by atoms with Gasteiger partial charge in [-0.05, 0) is 44.0 Å². The molecule has 1 aromatic rings. The summed E-state index contributed by atoms with van der Waals surface area (Å²) in [5, 5.41) is 3.54. The van der Waals surface area contributed by atoms with Crippen molar-refractivity contribution in [1.29, 1.82) is 0 Å².